The number of hydrogen-bond donors (Lipinski definition) is 2. The van der Waals surface area contributed by atoms with Crippen molar-refractivity contribution in [2.75, 3.05) is 0 Å². The summed E-state index contributed by atoms with van der Waals surface area (Å²) in [6, 6.07) is 22.1. The molecule has 142 valence electrons. The maximum Gasteiger partial charge on any atom is 0.272 e. The molecule has 2 aromatic heterocycles. The van der Waals surface area contributed by atoms with Crippen molar-refractivity contribution in [1.82, 2.24) is 15.0 Å². The molecule has 2 N–H and O–H groups in total. The van der Waals surface area contributed by atoms with Gasteiger partial charge in [0.05, 0.1) is 11.9 Å². The summed E-state index contributed by atoms with van der Waals surface area (Å²) in [4.78, 5) is 34.2. The summed E-state index contributed by atoms with van der Waals surface area (Å²) >= 11 is 0. The molecule has 0 saturated heterocycles. The SMILES string of the molecule is O=c1[nH]/c(=C/c2ccc(Oc3ccccc3)cn2)c(=O)[nH]/c1=C/c1ccccc1. The molecule has 0 aliphatic rings. The first kappa shape index (κ1) is 18.2. The van der Waals surface area contributed by atoms with Gasteiger partial charge in [0.2, 0.25) is 0 Å². The number of nitrogens with one attached hydrogen (secondary N) is 2. The van der Waals surface area contributed by atoms with Gasteiger partial charge in [0, 0.05) is 0 Å². The topological polar surface area (TPSA) is 87.8 Å². The van der Waals surface area contributed by atoms with E-state index in [4.69, 9.17) is 4.74 Å². The molecule has 2 heterocycles. The number of ether oxygens (including phenoxy) is 1. The Morgan fingerprint density at radius 1 is 0.690 bits per heavy atom. The molecule has 0 spiro atoms. The number of H-pyrrole nitrogens is 2. The second-order valence-electron chi connectivity index (χ2n) is 6.27. The minimum atomic E-state index is -0.404. The Bertz CT molecular complexity index is 1340. The van der Waals surface area contributed by atoms with Crippen molar-refractivity contribution in [2.45, 2.75) is 0 Å². The third-order valence-electron chi connectivity index (χ3n) is 4.13. The molecular weight excluding hydrogens is 366 g/mol. The quantitative estimate of drug-likeness (QED) is 0.564. The molecule has 0 radical (unpaired) electrons. The van der Waals surface area contributed by atoms with Crippen LogP contribution in [0.4, 0.5) is 0 Å². The van der Waals surface area contributed by atoms with Crippen LogP contribution in [0.1, 0.15) is 11.3 Å². The monoisotopic (exact) mass is 383 g/mol. The Hall–Kier alpha value is -4.19. The van der Waals surface area contributed by atoms with Crippen molar-refractivity contribution < 1.29 is 4.74 Å². The van der Waals surface area contributed by atoms with Gasteiger partial charge in [0.25, 0.3) is 11.1 Å². The Labute approximate surface area is 165 Å². The molecule has 6 nitrogen and oxygen atoms in total. The van der Waals surface area contributed by atoms with E-state index in [1.807, 2.05) is 60.7 Å². The highest BCUT2D eigenvalue weighted by Crippen LogP contribution is 2.19. The first-order valence-electron chi connectivity index (χ1n) is 8.97. The zero-order valence-corrected chi connectivity index (χ0v) is 15.3. The zero-order valence-electron chi connectivity index (χ0n) is 15.3. The predicted octanol–water partition coefficient (Wildman–Crippen LogP) is 1.91. The number of pyridine rings is 1. The highest BCUT2D eigenvalue weighted by Gasteiger charge is 2.00. The lowest BCUT2D eigenvalue weighted by atomic mass is 10.2. The molecule has 0 atom stereocenters. The van der Waals surface area contributed by atoms with Crippen LogP contribution in [-0.4, -0.2) is 15.0 Å². The van der Waals surface area contributed by atoms with Gasteiger partial charge >= 0.3 is 0 Å². The summed E-state index contributed by atoms with van der Waals surface area (Å²) in [6.07, 6.45) is 4.69. The van der Waals surface area contributed by atoms with E-state index in [9.17, 15) is 9.59 Å². The van der Waals surface area contributed by atoms with Crippen LogP contribution >= 0.6 is 0 Å². The van der Waals surface area contributed by atoms with Crippen molar-refractivity contribution in [3.8, 4) is 11.5 Å². The maximum atomic E-state index is 12.4. The summed E-state index contributed by atoms with van der Waals surface area (Å²) in [6.45, 7) is 0. The number of nitrogens with zero attached hydrogens (tertiary/aromatic N) is 1. The summed E-state index contributed by atoms with van der Waals surface area (Å²) in [5.74, 6) is 1.28. The number of aromatic amines is 2. The minimum absolute atomic E-state index is 0.129. The number of rotatable bonds is 4. The summed E-state index contributed by atoms with van der Waals surface area (Å²) in [5.41, 5.74) is 0.550. The number of para-hydroxylation sites is 1. The largest absolute Gasteiger partial charge is 0.456 e. The highest BCUT2D eigenvalue weighted by molar-refractivity contribution is 5.48. The molecule has 0 bridgehead atoms. The minimum Gasteiger partial charge on any atom is -0.456 e. The molecule has 0 amide bonds. The molecule has 4 aromatic rings. The van der Waals surface area contributed by atoms with Gasteiger partial charge in [-0.1, -0.05) is 48.5 Å². The van der Waals surface area contributed by atoms with Crippen LogP contribution in [-0.2, 0) is 0 Å². The van der Waals surface area contributed by atoms with E-state index < -0.39 is 5.56 Å². The van der Waals surface area contributed by atoms with Crippen molar-refractivity contribution in [3.63, 3.8) is 0 Å². The van der Waals surface area contributed by atoms with Gasteiger partial charge in [0.1, 0.15) is 22.2 Å². The fourth-order valence-corrected chi connectivity index (χ4v) is 2.72. The fraction of sp³-hybridized carbons (Fsp3) is 0. The van der Waals surface area contributed by atoms with Gasteiger partial charge in [-0.25, -0.2) is 0 Å². The summed E-state index contributed by atoms with van der Waals surface area (Å²) in [7, 11) is 0. The molecule has 4 rings (SSSR count). The predicted molar refractivity (Wildman–Crippen MR) is 111 cm³/mol. The molecule has 0 saturated carbocycles. The molecule has 0 aliphatic carbocycles. The van der Waals surface area contributed by atoms with E-state index in [-0.39, 0.29) is 16.3 Å². The lowest BCUT2D eigenvalue weighted by Gasteiger charge is -2.04. The van der Waals surface area contributed by atoms with Crippen LogP contribution in [0, 0.1) is 0 Å². The van der Waals surface area contributed by atoms with Gasteiger partial charge in [-0.05, 0) is 42.0 Å². The molecule has 29 heavy (non-hydrogen) atoms. The first-order chi connectivity index (χ1) is 14.2. The molecule has 6 heteroatoms. The van der Waals surface area contributed by atoms with E-state index in [1.165, 1.54) is 6.08 Å². The summed E-state index contributed by atoms with van der Waals surface area (Å²) in [5, 5.41) is 0.322. The first-order valence-corrected chi connectivity index (χ1v) is 8.97. The van der Waals surface area contributed by atoms with E-state index in [0.717, 1.165) is 5.56 Å². The van der Waals surface area contributed by atoms with E-state index in [0.29, 0.717) is 17.2 Å². The second kappa shape index (κ2) is 8.22. The van der Waals surface area contributed by atoms with Gasteiger partial charge in [-0.3, -0.25) is 14.6 Å². The van der Waals surface area contributed by atoms with Crippen molar-refractivity contribution in [2.24, 2.45) is 0 Å². The standard InChI is InChI=1S/C23H17N3O3/c27-22-20(13-16-7-3-1-4-8-16)25-23(28)21(26-22)14-17-11-12-19(15-24-17)29-18-9-5-2-6-10-18/h1-15H,(H,25,28)(H,26,27)/b20-13+,21-14+. The van der Waals surface area contributed by atoms with Crippen LogP contribution < -0.4 is 26.6 Å². The Morgan fingerprint density at radius 3 is 1.93 bits per heavy atom. The van der Waals surface area contributed by atoms with Crippen molar-refractivity contribution >= 4 is 12.2 Å². The molecule has 0 fully saturated rings. The Kier molecular flexibility index (Phi) is 5.16. The Morgan fingerprint density at radius 2 is 1.31 bits per heavy atom. The van der Waals surface area contributed by atoms with Crippen LogP contribution in [0.2, 0.25) is 0 Å². The van der Waals surface area contributed by atoms with E-state index in [1.54, 1.807) is 24.4 Å². The number of aromatic nitrogens is 3. The zero-order chi connectivity index (χ0) is 20.1. The van der Waals surface area contributed by atoms with Gasteiger partial charge in [-0.15, -0.1) is 0 Å². The summed E-state index contributed by atoms with van der Waals surface area (Å²) < 4.78 is 5.69. The Balaban J connectivity index is 1.63. The average Bonchev–Trinajstić information content (AvgIpc) is 2.74. The normalized spacial score (nSPS) is 12.1. The maximum absolute atomic E-state index is 12.4. The molecular formula is C23H17N3O3. The third kappa shape index (κ3) is 4.56. The second-order valence-corrected chi connectivity index (χ2v) is 6.27. The van der Waals surface area contributed by atoms with Crippen LogP contribution in [0.3, 0.4) is 0 Å². The van der Waals surface area contributed by atoms with E-state index in [2.05, 4.69) is 15.0 Å². The fourth-order valence-electron chi connectivity index (χ4n) is 2.72. The van der Waals surface area contributed by atoms with Gasteiger partial charge in [0.15, 0.2) is 0 Å². The number of benzene rings is 2. The van der Waals surface area contributed by atoms with Crippen molar-refractivity contribution in [3.05, 3.63) is 122 Å². The van der Waals surface area contributed by atoms with Crippen LogP contribution in [0.15, 0.2) is 88.6 Å². The third-order valence-corrected chi connectivity index (χ3v) is 4.13. The van der Waals surface area contributed by atoms with Gasteiger partial charge < -0.3 is 14.7 Å². The lowest BCUT2D eigenvalue weighted by Crippen LogP contribution is -2.46. The lowest BCUT2D eigenvalue weighted by molar-refractivity contribution is 0.480. The van der Waals surface area contributed by atoms with E-state index >= 15 is 0 Å². The smallest absolute Gasteiger partial charge is 0.272 e. The van der Waals surface area contributed by atoms with Crippen LogP contribution in [0.5, 0.6) is 11.5 Å². The number of hydrogen-bond acceptors (Lipinski definition) is 4. The van der Waals surface area contributed by atoms with Crippen molar-refractivity contribution in [1.29, 1.82) is 0 Å². The average molecular weight is 383 g/mol. The van der Waals surface area contributed by atoms with Gasteiger partial charge in [-0.2, -0.15) is 0 Å². The highest BCUT2D eigenvalue weighted by atomic mass is 16.5. The van der Waals surface area contributed by atoms with Crippen LogP contribution in [0.25, 0.3) is 12.2 Å². The molecule has 2 aromatic carbocycles. The molecule has 0 aliphatic heterocycles. The molecule has 0 unspecified atom stereocenters.